The molecule has 1 aromatic carbocycles. The first kappa shape index (κ1) is 19.8. The highest BCUT2D eigenvalue weighted by Gasteiger charge is 2.41. The molecule has 0 aromatic heterocycles. The maximum absolute atomic E-state index is 12.2. The molecule has 2 rings (SSSR count). The van der Waals surface area contributed by atoms with E-state index in [-0.39, 0.29) is 18.2 Å². The van der Waals surface area contributed by atoms with Crippen molar-refractivity contribution in [3.05, 3.63) is 23.8 Å². The summed E-state index contributed by atoms with van der Waals surface area (Å²) in [6.45, 7) is 4.20. The van der Waals surface area contributed by atoms with Crippen molar-refractivity contribution in [2.24, 2.45) is 5.41 Å². The highest BCUT2D eigenvalue weighted by atomic mass is 16.5. The summed E-state index contributed by atoms with van der Waals surface area (Å²) in [4.78, 5) is 36.5. The molecule has 0 radical (unpaired) electrons. The Bertz CT molecular complexity index is 701. The van der Waals surface area contributed by atoms with Crippen LogP contribution in [-0.2, 0) is 9.59 Å². The molecule has 1 aliphatic heterocycles. The number of carboxylic acids is 1. The van der Waals surface area contributed by atoms with E-state index in [1.807, 2.05) is 0 Å². The van der Waals surface area contributed by atoms with Crippen molar-refractivity contribution in [3.63, 3.8) is 0 Å². The number of methoxy groups -OCH3 is 1. The van der Waals surface area contributed by atoms with Crippen molar-refractivity contribution in [1.29, 1.82) is 0 Å². The zero-order chi connectivity index (χ0) is 19.3. The molecule has 26 heavy (non-hydrogen) atoms. The molecule has 142 valence electrons. The molecule has 0 saturated carbocycles. The van der Waals surface area contributed by atoms with Gasteiger partial charge in [-0.15, -0.1) is 0 Å². The summed E-state index contributed by atoms with van der Waals surface area (Å²) in [6.07, 6.45) is 1.28. The third kappa shape index (κ3) is 4.53. The van der Waals surface area contributed by atoms with Crippen LogP contribution in [0.3, 0.4) is 0 Å². The lowest BCUT2D eigenvalue weighted by Crippen LogP contribution is -2.34. The third-order valence-corrected chi connectivity index (χ3v) is 4.71. The van der Waals surface area contributed by atoms with Gasteiger partial charge in [0.25, 0.3) is 0 Å². The number of carbonyl (C=O) groups is 3. The number of benzene rings is 1. The van der Waals surface area contributed by atoms with Crippen LogP contribution in [0.5, 0.6) is 11.5 Å². The molecule has 1 aliphatic rings. The Morgan fingerprint density at radius 1 is 1.27 bits per heavy atom. The number of hydrogen-bond acceptors (Lipinski definition) is 5. The molecule has 0 bridgehead atoms. The number of Topliss-reactive ketones (excluding diaryl/α,β-unsaturated/α-hetero) is 1. The molecule has 1 unspecified atom stereocenters. The zero-order valence-electron chi connectivity index (χ0n) is 15.4. The summed E-state index contributed by atoms with van der Waals surface area (Å²) in [5.41, 5.74) is -0.308. The number of carboxylic acid groups (broad SMARTS) is 1. The van der Waals surface area contributed by atoms with Gasteiger partial charge in [-0.05, 0) is 44.9 Å². The van der Waals surface area contributed by atoms with E-state index in [4.69, 9.17) is 9.47 Å². The Balaban J connectivity index is 1.81. The Hall–Kier alpha value is -2.57. The number of aliphatic carboxylic acids is 1. The minimum Gasteiger partial charge on any atom is -0.493 e. The molecule has 0 spiro atoms. The third-order valence-electron chi connectivity index (χ3n) is 4.71. The van der Waals surface area contributed by atoms with Crippen molar-refractivity contribution in [2.45, 2.75) is 33.1 Å². The lowest BCUT2D eigenvalue weighted by Gasteiger charge is -2.20. The van der Waals surface area contributed by atoms with Crippen LogP contribution in [0.1, 0.15) is 43.5 Å². The normalized spacial score (nSPS) is 19.3. The van der Waals surface area contributed by atoms with Gasteiger partial charge in [-0.25, -0.2) is 0 Å². The summed E-state index contributed by atoms with van der Waals surface area (Å²) in [6, 6.07) is 4.97. The molecule has 0 aliphatic carbocycles. The first-order valence-electron chi connectivity index (χ1n) is 8.60. The number of ketones is 1. The Morgan fingerprint density at radius 3 is 2.58 bits per heavy atom. The first-order chi connectivity index (χ1) is 12.3. The van der Waals surface area contributed by atoms with Gasteiger partial charge < -0.3 is 19.5 Å². The second-order valence-corrected chi connectivity index (χ2v) is 6.80. The van der Waals surface area contributed by atoms with Gasteiger partial charge in [-0.3, -0.25) is 14.4 Å². The second kappa shape index (κ2) is 8.21. The highest BCUT2D eigenvalue weighted by Crippen LogP contribution is 2.31. The van der Waals surface area contributed by atoms with Crippen LogP contribution >= 0.6 is 0 Å². The molecule has 1 N–H and O–H groups in total. The Morgan fingerprint density at radius 2 is 2.00 bits per heavy atom. The molecule has 1 aromatic rings. The van der Waals surface area contributed by atoms with Crippen LogP contribution in [0.15, 0.2) is 18.2 Å². The number of carbonyl (C=O) groups excluding carboxylic acids is 2. The minimum atomic E-state index is -0.864. The summed E-state index contributed by atoms with van der Waals surface area (Å²) in [5, 5.41) is 9.22. The SMILES string of the molecule is COc1cc(C(C)=O)ccc1OCCCC(=O)N1CCC(C)(C(=O)O)C1. The van der Waals surface area contributed by atoms with Gasteiger partial charge in [0.15, 0.2) is 17.3 Å². The van der Waals surface area contributed by atoms with Gasteiger partial charge in [-0.2, -0.15) is 0 Å². The molecule has 1 amide bonds. The summed E-state index contributed by atoms with van der Waals surface area (Å²) >= 11 is 0. The monoisotopic (exact) mass is 363 g/mol. The fraction of sp³-hybridized carbons (Fsp3) is 0.526. The molecule has 7 heteroatoms. The van der Waals surface area contributed by atoms with E-state index in [0.717, 1.165) is 0 Å². The van der Waals surface area contributed by atoms with E-state index in [0.29, 0.717) is 49.5 Å². The van der Waals surface area contributed by atoms with Gasteiger partial charge in [0.2, 0.25) is 5.91 Å². The van der Waals surface area contributed by atoms with Crippen LogP contribution in [0, 0.1) is 5.41 Å². The van der Waals surface area contributed by atoms with Crippen LogP contribution < -0.4 is 9.47 Å². The predicted octanol–water partition coefficient (Wildman–Crippen LogP) is 2.38. The largest absolute Gasteiger partial charge is 0.493 e. The van der Waals surface area contributed by atoms with Crippen LogP contribution in [-0.4, -0.2) is 54.5 Å². The van der Waals surface area contributed by atoms with Crippen molar-refractivity contribution in [3.8, 4) is 11.5 Å². The maximum Gasteiger partial charge on any atom is 0.311 e. The Kier molecular flexibility index (Phi) is 6.23. The van der Waals surface area contributed by atoms with Crippen molar-refractivity contribution < 1.29 is 29.0 Å². The van der Waals surface area contributed by atoms with Crippen LogP contribution in [0.25, 0.3) is 0 Å². The lowest BCUT2D eigenvalue weighted by atomic mass is 9.90. The topological polar surface area (TPSA) is 93.1 Å². The van der Waals surface area contributed by atoms with Crippen LogP contribution in [0.2, 0.25) is 0 Å². The number of rotatable bonds is 8. The van der Waals surface area contributed by atoms with Crippen molar-refractivity contribution >= 4 is 17.7 Å². The smallest absolute Gasteiger partial charge is 0.311 e. The molecular formula is C19H25NO6. The fourth-order valence-corrected chi connectivity index (χ4v) is 2.92. The number of likely N-dealkylation sites (tertiary alicyclic amines) is 1. The predicted molar refractivity (Wildman–Crippen MR) is 94.7 cm³/mol. The van der Waals surface area contributed by atoms with Gasteiger partial charge >= 0.3 is 5.97 Å². The molecule has 7 nitrogen and oxygen atoms in total. The zero-order valence-corrected chi connectivity index (χ0v) is 15.4. The van der Waals surface area contributed by atoms with E-state index in [2.05, 4.69) is 0 Å². The van der Waals surface area contributed by atoms with Gasteiger partial charge in [0, 0.05) is 25.1 Å². The van der Waals surface area contributed by atoms with Gasteiger partial charge in [0.05, 0.1) is 19.1 Å². The highest BCUT2D eigenvalue weighted by molar-refractivity contribution is 5.94. The minimum absolute atomic E-state index is 0.0561. The van der Waals surface area contributed by atoms with Crippen molar-refractivity contribution in [1.82, 2.24) is 4.90 Å². The molecule has 1 saturated heterocycles. The fourth-order valence-electron chi connectivity index (χ4n) is 2.92. The van der Waals surface area contributed by atoms with Gasteiger partial charge in [0.1, 0.15) is 0 Å². The quantitative estimate of drug-likeness (QED) is 0.563. The number of ether oxygens (including phenoxy) is 2. The van der Waals surface area contributed by atoms with E-state index < -0.39 is 11.4 Å². The summed E-state index contributed by atoms with van der Waals surface area (Å²) < 4.78 is 10.9. The standard InChI is InChI=1S/C19H25NO6/c1-13(21)14-6-7-15(16(11-14)25-3)26-10-4-5-17(22)20-9-8-19(2,12-20)18(23)24/h6-7,11H,4-5,8-10,12H2,1-3H3,(H,23,24). The second-order valence-electron chi connectivity index (χ2n) is 6.80. The van der Waals surface area contributed by atoms with E-state index in [1.54, 1.807) is 30.0 Å². The maximum atomic E-state index is 12.2. The van der Waals surface area contributed by atoms with E-state index >= 15 is 0 Å². The van der Waals surface area contributed by atoms with Crippen molar-refractivity contribution in [2.75, 3.05) is 26.8 Å². The average Bonchev–Trinajstić information content (AvgIpc) is 3.02. The molecule has 1 atom stereocenters. The molecule has 1 fully saturated rings. The first-order valence-corrected chi connectivity index (χ1v) is 8.60. The summed E-state index contributed by atoms with van der Waals surface area (Å²) in [7, 11) is 1.50. The van der Waals surface area contributed by atoms with Gasteiger partial charge in [-0.1, -0.05) is 0 Å². The molecule has 1 heterocycles. The van der Waals surface area contributed by atoms with E-state index in [1.165, 1.54) is 14.0 Å². The van der Waals surface area contributed by atoms with Crippen LogP contribution in [0.4, 0.5) is 0 Å². The van der Waals surface area contributed by atoms with E-state index in [9.17, 15) is 19.5 Å². The average molecular weight is 363 g/mol. The number of hydrogen-bond donors (Lipinski definition) is 1. The number of nitrogens with zero attached hydrogens (tertiary/aromatic N) is 1. The Labute approximate surface area is 152 Å². The number of amides is 1. The molecular weight excluding hydrogens is 338 g/mol. The lowest BCUT2D eigenvalue weighted by molar-refractivity contribution is -0.147. The summed E-state index contributed by atoms with van der Waals surface area (Å²) in [5.74, 6) is 0.0134.